The fourth-order valence-electron chi connectivity index (χ4n) is 2.35. The number of nitrogens with zero attached hydrogens (tertiary/aromatic N) is 2. The third kappa shape index (κ3) is 5.40. The van der Waals surface area contributed by atoms with Crippen LogP contribution in [-0.2, 0) is 6.42 Å². The van der Waals surface area contributed by atoms with Crippen LogP contribution in [0.15, 0.2) is 48.7 Å². The smallest absolute Gasteiger partial charge is 0.251 e. The Morgan fingerprint density at radius 1 is 1.22 bits per heavy atom. The van der Waals surface area contributed by atoms with Crippen molar-refractivity contribution < 1.29 is 4.79 Å². The van der Waals surface area contributed by atoms with Gasteiger partial charge in [-0.15, -0.1) is 0 Å². The number of anilines is 1. The number of carbonyl (C=O) groups is 1. The number of amides is 1. The molecule has 0 radical (unpaired) electrons. The summed E-state index contributed by atoms with van der Waals surface area (Å²) in [6.07, 6.45) is 4.79. The molecule has 2 rings (SSSR count). The number of hydrogen-bond acceptors (Lipinski definition) is 3. The van der Waals surface area contributed by atoms with Crippen molar-refractivity contribution in [3.63, 3.8) is 0 Å². The Kier molecular flexibility index (Phi) is 6.60. The number of aromatic nitrogens is 1. The first-order chi connectivity index (χ1) is 11.2. The van der Waals surface area contributed by atoms with Gasteiger partial charge in [-0.25, -0.2) is 4.98 Å². The maximum absolute atomic E-state index is 12.3. The van der Waals surface area contributed by atoms with E-state index >= 15 is 0 Å². The van der Waals surface area contributed by atoms with Gasteiger partial charge in [0.25, 0.3) is 5.91 Å². The zero-order valence-electron chi connectivity index (χ0n) is 14.0. The van der Waals surface area contributed by atoms with Gasteiger partial charge in [0.2, 0.25) is 0 Å². The summed E-state index contributed by atoms with van der Waals surface area (Å²) in [7, 11) is 2.01. The van der Waals surface area contributed by atoms with Crippen LogP contribution >= 0.6 is 0 Å². The molecule has 2 aromatic rings. The molecule has 122 valence electrons. The van der Waals surface area contributed by atoms with Gasteiger partial charge < -0.3 is 10.2 Å². The molecule has 0 unspecified atom stereocenters. The lowest BCUT2D eigenvalue weighted by Crippen LogP contribution is -2.26. The predicted octanol–water partition coefficient (Wildman–Crippen LogP) is 3.29. The Bertz CT molecular complexity index is 613. The molecule has 0 atom stereocenters. The maximum Gasteiger partial charge on any atom is 0.251 e. The SMILES string of the molecule is CCCCN(C)c1cc(C(=O)NCCc2ccccc2)ccn1. The number of nitrogens with one attached hydrogen (secondary N) is 1. The summed E-state index contributed by atoms with van der Waals surface area (Å²) in [5.74, 6) is 0.794. The Hall–Kier alpha value is -2.36. The largest absolute Gasteiger partial charge is 0.360 e. The van der Waals surface area contributed by atoms with E-state index in [1.165, 1.54) is 5.56 Å². The second-order valence-electron chi connectivity index (χ2n) is 5.67. The van der Waals surface area contributed by atoms with E-state index in [-0.39, 0.29) is 5.91 Å². The molecular formula is C19H25N3O. The lowest BCUT2D eigenvalue weighted by molar-refractivity contribution is 0.0954. The summed E-state index contributed by atoms with van der Waals surface area (Å²) in [5, 5.41) is 2.97. The topological polar surface area (TPSA) is 45.2 Å². The van der Waals surface area contributed by atoms with Crippen LogP contribution < -0.4 is 10.2 Å². The van der Waals surface area contributed by atoms with Gasteiger partial charge in [-0.2, -0.15) is 0 Å². The second kappa shape index (κ2) is 8.93. The van der Waals surface area contributed by atoms with Crippen molar-refractivity contribution in [3.8, 4) is 0 Å². The van der Waals surface area contributed by atoms with Crippen LogP contribution in [0.4, 0.5) is 5.82 Å². The lowest BCUT2D eigenvalue weighted by Gasteiger charge is -2.18. The number of unbranched alkanes of at least 4 members (excludes halogenated alkanes) is 1. The van der Waals surface area contributed by atoms with Crippen molar-refractivity contribution in [3.05, 3.63) is 59.8 Å². The van der Waals surface area contributed by atoms with E-state index in [1.54, 1.807) is 12.3 Å². The summed E-state index contributed by atoms with van der Waals surface area (Å²) < 4.78 is 0. The summed E-state index contributed by atoms with van der Waals surface area (Å²) in [6, 6.07) is 13.8. The van der Waals surface area contributed by atoms with Crippen LogP contribution in [-0.4, -0.2) is 31.0 Å². The van der Waals surface area contributed by atoms with E-state index in [2.05, 4.69) is 34.3 Å². The molecule has 4 nitrogen and oxygen atoms in total. The summed E-state index contributed by atoms with van der Waals surface area (Å²) in [5.41, 5.74) is 1.88. The van der Waals surface area contributed by atoms with E-state index < -0.39 is 0 Å². The minimum Gasteiger partial charge on any atom is -0.360 e. The normalized spacial score (nSPS) is 10.3. The standard InChI is InChI=1S/C19H25N3O/c1-3-4-14-22(2)18-15-17(11-13-20-18)19(23)21-12-10-16-8-6-5-7-9-16/h5-9,11,13,15H,3-4,10,12,14H2,1-2H3,(H,21,23). The van der Waals surface area contributed by atoms with Gasteiger partial charge in [0.1, 0.15) is 5.82 Å². The predicted molar refractivity (Wildman–Crippen MR) is 94.9 cm³/mol. The van der Waals surface area contributed by atoms with Crippen LogP contribution in [0.3, 0.4) is 0 Å². The average Bonchev–Trinajstić information content (AvgIpc) is 2.60. The number of rotatable bonds is 8. The van der Waals surface area contributed by atoms with Gasteiger partial charge >= 0.3 is 0 Å². The fourth-order valence-corrected chi connectivity index (χ4v) is 2.35. The second-order valence-corrected chi connectivity index (χ2v) is 5.67. The molecule has 1 aromatic carbocycles. The van der Waals surface area contributed by atoms with Crippen molar-refractivity contribution in [2.45, 2.75) is 26.2 Å². The van der Waals surface area contributed by atoms with Gasteiger partial charge in [-0.05, 0) is 30.5 Å². The van der Waals surface area contributed by atoms with E-state index in [1.807, 2.05) is 31.3 Å². The highest BCUT2D eigenvalue weighted by molar-refractivity contribution is 5.94. The molecule has 0 saturated carbocycles. The first kappa shape index (κ1) is 17.0. The molecule has 0 fully saturated rings. The molecule has 1 amide bonds. The molecule has 0 aliphatic heterocycles. The summed E-state index contributed by atoms with van der Waals surface area (Å²) in [6.45, 7) is 3.74. The minimum atomic E-state index is -0.0477. The molecule has 0 spiro atoms. The highest BCUT2D eigenvalue weighted by Crippen LogP contribution is 2.12. The van der Waals surface area contributed by atoms with Gasteiger partial charge in [0.15, 0.2) is 0 Å². The van der Waals surface area contributed by atoms with E-state index in [0.717, 1.165) is 31.6 Å². The van der Waals surface area contributed by atoms with Gasteiger partial charge in [-0.3, -0.25) is 4.79 Å². The molecule has 23 heavy (non-hydrogen) atoms. The third-order valence-corrected chi connectivity index (χ3v) is 3.79. The fraction of sp³-hybridized carbons (Fsp3) is 0.368. The number of carbonyl (C=O) groups excluding carboxylic acids is 1. The summed E-state index contributed by atoms with van der Waals surface area (Å²) in [4.78, 5) is 18.7. The molecule has 1 heterocycles. The van der Waals surface area contributed by atoms with E-state index in [9.17, 15) is 4.79 Å². The monoisotopic (exact) mass is 311 g/mol. The molecule has 0 aliphatic carbocycles. The highest BCUT2D eigenvalue weighted by atomic mass is 16.1. The average molecular weight is 311 g/mol. The Morgan fingerprint density at radius 2 is 2.00 bits per heavy atom. The van der Waals surface area contributed by atoms with Crippen molar-refractivity contribution in [1.29, 1.82) is 0 Å². The molecule has 0 bridgehead atoms. The molecule has 1 aromatic heterocycles. The van der Waals surface area contributed by atoms with Crippen molar-refractivity contribution in [2.24, 2.45) is 0 Å². The van der Waals surface area contributed by atoms with Crippen LogP contribution in [0.5, 0.6) is 0 Å². The zero-order valence-corrected chi connectivity index (χ0v) is 14.0. The van der Waals surface area contributed by atoms with Gasteiger partial charge in [0, 0.05) is 31.9 Å². The Labute approximate surface area is 138 Å². The number of hydrogen-bond donors (Lipinski definition) is 1. The number of benzene rings is 1. The zero-order chi connectivity index (χ0) is 16.5. The molecule has 0 saturated heterocycles. The molecule has 1 N–H and O–H groups in total. The Morgan fingerprint density at radius 3 is 2.74 bits per heavy atom. The lowest BCUT2D eigenvalue weighted by atomic mass is 10.1. The first-order valence-corrected chi connectivity index (χ1v) is 8.20. The first-order valence-electron chi connectivity index (χ1n) is 8.20. The van der Waals surface area contributed by atoms with Gasteiger partial charge in [-0.1, -0.05) is 43.7 Å². The molecular weight excluding hydrogens is 286 g/mol. The maximum atomic E-state index is 12.3. The number of pyridine rings is 1. The highest BCUT2D eigenvalue weighted by Gasteiger charge is 2.08. The van der Waals surface area contributed by atoms with Crippen molar-refractivity contribution in [1.82, 2.24) is 10.3 Å². The quantitative estimate of drug-likeness (QED) is 0.813. The van der Waals surface area contributed by atoms with Crippen LogP contribution in [0.1, 0.15) is 35.7 Å². The van der Waals surface area contributed by atoms with Crippen molar-refractivity contribution >= 4 is 11.7 Å². The van der Waals surface area contributed by atoms with Crippen LogP contribution in [0.25, 0.3) is 0 Å². The van der Waals surface area contributed by atoms with E-state index in [4.69, 9.17) is 0 Å². The Balaban J connectivity index is 1.89. The van der Waals surface area contributed by atoms with Crippen molar-refractivity contribution in [2.75, 3.05) is 25.0 Å². The minimum absolute atomic E-state index is 0.0477. The van der Waals surface area contributed by atoms with Gasteiger partial charge in [0.05, 0.1) is 0 Å². The molecule has 4 heteroatoms. The summed E-state index contributed by atoms with van der Waals surface area (Å²) >= 11 is 0. The third-order valence-electron chi connectivity index (χ3n) is 3.79. The van der Waals surface area contributed by atoms with Crippen LogP contribution in [0, 0.1) is 0 Å². The van der Waals surface area contributed by atoms with E-state index in [0.29, 0.717) is 12.1 Å². The molecule has 0 aliphatic rings. The van der Waals surface area contributed by atoms with Crippen LogP contribution in [0.2, 0.25) is 0 Å².